The quantitative estimate of drug-likeness (QED) is 0.572. The fourth-order valence-electron chi connectivity index (χ4n) is 2.99. The Bertz CT molecular complexity index is 977. The van der Waals surface area contributed by atoms with Gasteiger partial charge in [0, 0.05) is 21.8 Å². The zero-order valence-corrected chi connectivity index (χ0v) is 13.3. The van der Waals surface area contributed by atoms with Crippen molar-refractivity contribution in [2.45, 2.75) is 0 Å². The first kappa shape index (κ1) is 14.7. The zero-order valence-electron chi connectivity index (χ0n) is 12.5. The van der Waals surface area contributed by atoms with E-state index in [-0.39, 0.29) is 11.7 Å². The van der Waals surface area contributed by atoms with Crippen molar-refractivity contribution in [3.63, 3.8) is 0 Å². The number of nitrogens with one attached hydrogen (secondary N) is 1. The lowest BCUT2D eigenvalue weighted by Gasteiger charge is -2.09. The molecule has 24 heavy (non-hydrogen) atoms. The number of fused-ring (bicyclic) bond motifs is 3. The number of carbonyl (C=O) groups excluding carboxylic acids is 2. The third-order valence-electron chi connectivity index (χ3n) is 4.10. The third kappa shape index (κ3) is 2.30. The van der Waals surface area contributed by atoms with Crippen molar-refractivity contribution in [2.24, 2.45) is 0 Å². The number of carbonyl (C=O) groups is 2. The number of halogens is 1. The number of hydrogen-bond acceptors (Lipinski definition) is 2. The molecule has 3 nitrogen and oxygen atoms in total. The molecule has 4 rings (SSSR count). The maximum Gasteiger partial charge on any atom is 0.256 e. The van der Waals surface area contributed by atoms with Gasteiger partial charge >= 0.3 is 0 Å². The van der Waals surface area contributed by atoms with E-state index >= 15 is 0 Å². The minimum atomic E-state index is -0.310. The summed E-state index contributed by atoms with van der Waals surface area (Å²) in [4.78, 5) is 25.4. The molecule has 3 aromatic carbocycles. The average molecular weight is 334 g/mol. The standard InChI is InChI=1S/C20H12ClNO2/c21-12-8-10-13(11-9-12)22-20(24)17-7-3-6-15-14-4-1-2-5-16(14)19(23)18(15)17/h1-11H,(H,22,24). The number of benzene rings is 3. The molecule has 116 valence electrons. The number of amides is 1. The van der Waals surface area contributed by atoms with E-state index in [4.69, 9.17) is 11.6 Å². The molecule has 0 radical (unpaired) electrons. The predicted molar refractivity (Wildman–Crippen MR) is 94.7 cm³/mol. The van der Waals surface area contributed by atoms with Crippen LogP contribution in [-0.2, 0) is 0 Å². The predicted octanol–water partition coefficient (Wildman–Crippen LogP) is 4.80. The van der Waals surface area contributed by atoms with Gasteiger partial charge in [0.15, 0.2) is 5.78 Å². The van der Waals surface area contributed by atoms with Gasteiger partial charge in [0.2, 0.25) is 0 Å². The van der Waals surface area contributed by atoms with Gasteiger partial charge in [-0.25, -0.2) is 0 Å². The molecule has 4 heteroatoms. The van der Waals surface area contributed by atoms with Crippen LogP contribution in [0.2, 0.25) is 5.02 Å². The van der Waals surface area contributed by atoms with Gasteiger partial charge in [-0.3, -0.25) is 9.59 Å². The van der Waals surface area contributed by atoms with Crippen molar-refractivity contribution in [3.8, 4) is 11.1 Å². The molecule has 1 N–H and O–H groups in total. The van der Waals surface area contributed by atoms with E-state index in [9.17, 15) is 9.59 Å². The van der Waals surface area contributed by atoms with Crippen LogP contribution in [0.3, 0.4) is 0 Å². The van der Waals surface area contributed by atoms with Gasteiger partial charge in [-0.05, 0) is 41.5 Å². The first-order valence-corrected chi connectivity index (χ1v) is 7.87. The SMILES string of the molecule is O=C(Nc1ccc(Cl)cc1)c1cccc2c1C(=O)c1ccccc1-2. The van der Waals surface area contributed by atoms with E-state index in [0.717, 1.165) is 11.1 Å². The molecule has 0 atom stereocenters. The van der Waals surface area contributed by atoms with Crippen LogP contribution in [0.4, 0.5) is 5.69 Å². The summed E-state index contributed by atoms with van der Waals surface area (Å²) in [6.45, 7) is 0. The first-order chi connectivity index (χ1) is 11.6. The molecule has 0 fully saturated rings. The lowest BCUT2D eigenvalue weighted by atomic mass is 10.0. The van der Waals surface area contributed by atoms with Crippen LogP contribution in [0.5, 0.6) is 0 Å². The zero-order chi connectivity index (χ0) is 16.7. The molecule has 0 aliphatic heterocycles. The van der Waals surface area contributed by atoms with E-state index in [1.165, 1.54) is 0 Å². The smallest absolute Gasteiger partial charge is 0.256 e. The van der Waals surface area contributed by atoms with Crippen LogP contribution in [0.15, 0.2) is 66.7 Å². The van der Waals surface area contributed by atoms with E-state index < -0.39 is 0 Å². The Morgan fingerprint density at radius 2 is 1.46 bits per heavy atom. The molecular formula is C20H12ClNO2. The molecule has 3 aromatic rings. The molecular weight excluding hydrogens is 322 g/mol. The normalized spacial score (nSPS) is 11.8. The van der Waals surface area contributed by atoms with Gasteiger partial charge in [-0.1, -0.05) is 48.0 Å². The fourth-order valence-corrected chi connectivity index (χ4v) is 3.12. The molecule has 0 spiro atoms. The van der Waals surface area contributed by atoms with Crippen molar-refractivity contribution in [1.82, 2.24) is 0 Å². The summed E-state index contributed by atoms with van der Waals surface area (Å²) >= 11 is 5.86. The van der Waals surface area contributed by atoms with Crippen molar-refractivity contribution >= 4 is 29.0 Å². The highest BCUT2D eigenvalue weighted by Gasteiger charge is 2.30. The highest BCUT2D eigenvalue weighted by Crippen LogP contribution is 2.38. The monoisotopic (exact) mass is 333 g/mol. The Hall–Kier alpha value is -2.91. The summed E-state index contributed by atoms with van der Waals surface area (Å²) in [5.41, 5.74) is 3.79. The summed E-state index contributed by atoms with van der Waals surface area (Å²) in [7, 11) is 0. The summed E-state index contributed by atoms with van der Waals surface area (Å²) < 4.78 is 0. The maximum atomic E-state index is 12.7. The average Bonchev–Trinajstić information content (AvgIpc) is 2.90. The van der Waals surface area contributed by atoms with Gasteiger partial charge < -0.3 is 5.32 Å². The van der Waals surface area contributed by atoms with Crippen molar-refractivity contribution in [1.29, 1.82) is 0 Å². The molecule has 0 heterocycles. The summed E-state index contributed by atoms with van der Waals surface area (Å²) in [5, 5.41) is 3.41. The molecule has 0 saturated heterocycles. The van der Waals surface area contributed by atoms with Crippen LogP contribution in [0.25, 0.3) is 11.1 Å². The second-order valence-electron chi connectivity index (χ2n) is 5.56. The van der Waals surface area contributed by atoms with Gasteiger partial charge in [-0.15, -0.1) is 0 Å². The van der Waals surface area contributed by atoms with Crippen molar-refractivity contribution < 1.29 is 9.59 Å². The Morgan fingerprint density at radius 1 is 0.792 bits per heavy atom. The summed E-state index contributed by atoms with van der Waals surface area (Å²) in [5.74, 6) is -0.419. The summed E-state index contributed by atoms with van der Waals surface area (Å²) in [6.07, 6.45) is 0. The van der Waals surface area contributed by atoms with Gasteiger partial charge in [-0.2, -0.15) is 0 Å². The van der Waals surface area contributed by atoms with Crippen LogP contribution in [0, 0.1) is 0 Å². The molecule has 0 aromatic heterocycles. The van der Waals surface area contributed by atoms with Crippen molar-refractivity contribution in [3.05, 3.63) is 88.4 Å². The number of ketones is 1. The van der Waals surface area contributed by atoms with E-state index in [0.29, 0.717) is 27.4 Å². The Kier molecular flexibility index (Phi) is 3.44. The second-order valence-corrected chi connectivity index (χ2v) is 6.00. The van der Waals surface area contributed by atoms with E-state index in [1.807, 2.05) is 24.3 Å². The lowest BCUT2D eigenvalue weighted by Crippen LogP contribution is -2.15. The van der Waals surface area contributed by atoms with Crippen LogP contribution in [-0.4, -0.2) is 11.7 Å². The number of anilines is 1. The Labute approximate surface area is 143 Å². The minimum Gasteiger partial charge on any atom is -0.322 e. The van der Waals surface area contributed by atoms with Gasteiger partial charge in [0.25, 0.3) is 5.91 Å². The van der Waals surface area contributed by atoms with E-state index in [1.54, 1.807) is 42.5 Å². The first-order valence-electron chi connectivity index (χ1n) is 7.49. The van der Waals surface area contributed by atoms with Gasteiger partial charge in [0.1, 0.15) is 0 Å². The second kappa shape index (κ2) is 5.62. The number of rotatable bonds is 2. The van der Waals surface area contributed by atoms with Crippen LogP contribution < -0.4 is 5.32 Å². The van der Waals surface area contributed by atoms with E-state index in [2.05, 4.69) is 5.32 Å². The molecule has 0 unspecified atom stereocenters. The largest absolute Gasteiger partial charge is 0.322 e. The molecule has 1 aliphatic rings. The topological polar surface area (TPSA) is 46.2 Å². The minimum absolute atomic E-state index is 0.109. The maximum absolute atomic E-state index is 12.7. The van der Waals surface area contributed by atoms with Crippen molar-refractivity contribution in [2.75, 3.05) is 5.32 Å². The number of hydrogen-bond donors (Lipinski definition) is 1. The highest BCUT2D eigenvalue weighted by atomic mass is 35.5. The highest BCUT2D eigenvalue weighted by molar-refractivity contribution is 6.30. The lowest BCUT2D eigenvalue weighted by molar-refractivity contribution is 0.0999. The molecule has 0 bridgehead atoms. The Morgan fingerprint density at radius 3 is 2.21 bits per heavy atom. The Balaban J connectivity index is 1.75. The third-order valence-corrected chi connectivity index (χ3v) is 4.35. The van der Waals surface area contributed by atoms with Gasteiger partial charge in [0.05, 0.1) is 5.56 Å². The van der Waals surface area contributed by atoms with Crippen LogP contribution >= 0.6 is 11.6 Å². The molecule has 0 saturated carbocycles. The van der Waals surface area contributed by atoms with Crippen LogP contribution in [0.1, 0.15) is 26.3 Å². The molecule has 1 amide bonds. The summed E-state index contributed by atoms with van der Waals surface area (Å²) in [6, 6.07) is 19.6. The molecule has 1 aliphatic carbocycles. The fraction of sp³-hybridized carbons (Fsp3) is 0.